The lowest BCUT2D eigenvalue weighted by atomic mass is 9.89. The molecule has 3 atom stereocenters. The third-order valence-corrected chi connectivity index (χ3v) is 5.19. The summed E-state index contributed by atoms with van der Waals surface area (Å²) in [4.78, 5) is 23.7. The molecule has 0 aromatic rings. The van der Waals surface area contributed by atoms with Crippen molar-refractivity contribution in [3.8, 4) is 0 Å². The van der Waals surface area contributed by atoms with Crippen LogP contribution in [0.3, 0.4) is 0 Å². The predicted octanol–water partition coefficient (Wildman–Crippen LogP) is 1.51. The van der Waals surface area contributed by atoms with Crippen molar-refractivity contribution < 1.29 is 19.4 Å². The van der Waals surface area contributed by atoms with Gasteiger partial charge in [0, 0.05) is 13.0 Å². The van der Waals surface area contributed by atoms with Gasteiger partial charge in [-0.3, -0.25) is 9.59 Å². The largest absolute Gasteiger partial charge is 0.394 e. The normalized spacial score (nSPS) is 28.3. The van der Waals surface area contributed by atoms with Gasteiger partial charge in [0.2, 0.25) is 11.8 Å². The Morgan fingerprint density at radius 2 is 1.83 bits per heavy atom. The van der Waals surface area contributed by atoms with Crippen molar-refractivity contribution in [1.82, 2.24) is 10.6 Å². The van der Waals surface area contributed by atoms with Gasteiger partial charge < -0.3 is 20.5 Å². The lowest BCUT2D eigenvalue weighted by Gasteiger charge is -2.36. The molecule has 2 fully saturated rings. The molecule has 1 aliphatic heterocycles. The fourth-order valence-electron chi connectivity index (χ4n) is 3.68. The second-order valence-corrected chi connectivity index (χ2v) is 7.10. The van der Waals surface area contributed by atoms with Gasteiger partial charge in [0.25, 0.3) is 0 Å². The topological polar surface area (TPSA) is 87.7 Å². The van der Waals surface area contributed by atoms with E-state index in [-0.39, 0.29) is 30.6 Å². The maximum atomic E-state index is 12.1. The fourth-order valence-corrected chi connectivity index (χ4v) is 3.68. The minimum absolute atomic E-state index is 0.0262. The quantitative estimate of drug-likeness (QED) is 0.655. The molecule has 6 nitrogen and oxygen atoms in total. The first-order valence-corrected chi connectivity index (χ1v) is 9.44. The number of hydrogen-bond acceptors (Lipinski definition) is 4. The summed E-state index contributed by atoms with van der Waals surface area (Å²) in [5, 5.41) is 15.4. The van der Waals surface area contributed by atoms with Crippen molar-refractivity contribution in [2.45, 2.75) is 83.0 Å². The Morgan fingerprint density at radius 3 is 2.50 bits per heavy atom. The van der Waals surface area contributed by atoms with Crippen molar-refractivity contribution >= 4 is 11.8 Å². The minimum atomic E-state index is -0.426. The van der Waals surface area contributed by atoms with Crippen LogP contribution in [0.4, 0.5) is 0 Å². The van der Waals surface area contributed by atoms with Crippen LogP contribution in [0.5, 0.6) is 0 Å². The average Bonchev–Trinajstić information content (AvgIpc) is 2.62. The minimum Gasteiger partial charge on any atom is -0.394 e. The number of rotatable bonds is 7. The summed E-state index contributed by atoms with van der Waals surface area (Å²) in [7, 11) is 0. The van der Waals surface area contributed by atoms with Gasteiger partial charge >= 0.3 is 0 Å². The SMILES string of the molecule is CCC(=O)N[C@H]1CC[C@@H](CC(=O)NCC2CCCCC2)O[C@H]1CO. The second-order valence-electron chi connectivity index (χ2n) is 7.10. The van der Waals surface area contributed by atoms with E-state index in [0.717, 1.165) is 19.4 Å². The van der Waals surface area contributed by atoms with Gasteiger partial charge in [0.05, 0.1) is 25.2 Å². The molecular formula is C18H32N2O4. The molecule has 1 saturated heterocycles. The van der Waals surface area contributed by atoms with Crippen molar-refractivity contribution in [1.29, 1.82) is 0 Å². The number of hydrogen-bond donors (Lipinski definition) is 3. The average molecular weight is 340 g/mol. The Labute approximate surface area is 144 Å². The molecule has 24 heavy (non-hydrogen) atoms. The van der Waals surface area contributed by atoms with Gasteiger partial charge in [-0.15, -0.1) is 0 Å². The van der Waals surface area contributed by atoms with Crippen LogP contribution in [0.2, 0.25) is 0 Å². The maximum Gasteiger partial charge on any atom is 0.222 e. The van der Waals surface area contributed by atoms with Crippen LogP contribution in [-0.2, 0) is 14.3 Å². The molecule has 0 radical (unpaired) electrons. The Bertz CT molecular complexity index is 410. The lowest BCUT2D eigenvalue weighted by molar-refractivity contribution is -0.135. The summed E-state index contributed by atoms with van der Waals surface area (Å²) in [5.41, 5.74) is 0. The summed E-state index contributed by atoms with van der Waals surface area (Å²) in [6.45, 7) is 2.42. The molecule has 0 unspecified atom stereocenters. The highest BCUT2D eigenvalue weighted by Gasteiger charge is 2.32. The number of amides is 2. The monoisotopic (exact) mass is 340 g/mol. The van der Waals surface area contributed by atoms with E-state index in [0.29, 0.717) is 18.8 Å². The molecule has 138 valence electrons. The van der Waals surface area contributed by atoms with Crippen LogP contribution < -0.4 is 10.6 Å². The van der Waals surface area contributed by atoms with Gasteiger partial charge in [-0.2, -0.15) is 0 Å². The summed E-state index contributed by atoms with van der Waals surface area (Å²) in [6, 6.07) is -0.163. The number of ether oxygens (including phenoxy) is 1. The zero-order valence-corrected chi connectivity index (χ0v) is 14.8. The van der Waals surface area contributed by atoms with E-state index in [1.54, 1.807) is 6.92 Å². The molecule has 0 aromatic heterocycles. The second kappa shape index (κ2) is 9.99. The molecule has 2 rings (SSSR count). The molecule has 6 heteroatoms. The van der Waals surface area contributed by atoms with Crippen molar-refractivity contribution in [2.75, 3.05) is 13.2 Å². The van der Waals surface area contributed by atoms with E-state index in [9.17, 15) is 14.7 Å². The Balaban J connectivity index is 1.71. The number of aliphatic hydroxyl groups is 1. The van der Waals surface area contributed by atoms with Gasteiger partial charge in [0.1, 0.15) is 6.10 Å². The molecule has 2 aliphatic rings. The first-order valence-electron chi connectivity index (χ1n) is 9.44. The zero-order valence-electron chi connectivity index (χ0n) is 14.8. The van der Waals surface area contributed by atoms with E-state index in [2.05, 4.69) is 10.6 Å². The smallest absolute Gasteiger partial charge is 0.222 e. The Hall–Kier alpha value is -1.14. The van der Waals surface area contributed by atoms with Gasteiger partial charge in [-0.1, -0.05) is 26.2 Å². The molecule has 1 saturated carbocycles. The van der Waals surface area contributed by atoms with E-state index < -0.39 is 6.10 Å². The number of aliphatic hydroxyl groups excluding tert-OH is 1. The summed E-state index contributed by atoms with van der Waals surface area (Å²) < 4.78 is 5.83. The molecule has 0 aromatic carbocycles. The van der Waals surface area contributed by atoms with Crippen LogP contribution >= 0.6 is 0 Å². The maximum absolute atomic E-state index is 12.1. The van der Waals surface area contributed by atoms with E-state index in [1.807, 2.05) is 0 Å². The summed E-state index contributed by atoms with van der Waals surface area (Å²) >= 11 is 0. The van der Waals surface area contributed by atoms with E-state index in [4.69, 9.17) is 4.74 Å². The molecule has 0 spiro atoms. The zero-order chi connectivity index (χ0) is 17.4. The van der Waals surface area contributed by atoms with E-state index in [1.165, 1.54) is 32.1 Å². The van der Waals surface area contributed by atoms with Crippen LogP contribution in [0.25, 0.3) is 0 Å². The first-order chi connectivity index (χ1) is 11.6. The van der Waals surface area contributed by atoms with Crippen LogP contribution in [-0.4, -0.2) is 48.3 Å². The van der Waals surface area contributed by atoms with Gasteiger partial charge in [-0.05, 0) is 31.6 Å². The number of nitrogens with one attached hydrogen (secondary N) is 2. The standard InChI is InChI=1S/C18H32N2O4/c1-2-17(22)20-15-9-8-14(24-16(15)12-21)10-18(23)19-11-13-6-4-3-5-7-13/h13-16,21H,2-12H2,1H3,(H,19,23)(H,20,22)/t14-,15-,16-/m0/s1. The lowest BCUT2D eigenvalue weighted by Crippen LogP contribution is -2.51. The highest BCUT2D eigenvalue weighted by molar-refractivity contribution is 5.76. The fraction of sp³-hybridized carbons (Fsp3) is 0.889. The Kier molecular flexibility index (Phi) is 7.99. The molecule has 2 amide bonds. The summed E-state index contributed by atoms with van der Waals surface area (Å²) in [6.07, 6.45) is 7.90. The van der Waals surface area contributed by atoms with Gasteiger partial charge in [-0.25, -0.2) is 0 Å². The van der Waals surface area contributed by atoms with Crippen molar-refractivity contribution in [3.63, 3.8) is 0 Å². The summed E-state index contributed by atoms with van der Waals surface area (Å²) in [5.74, 6) is 0.609. The molecule has 1 aliphatic carbocycles. The van der Waals surface area contributed by atoms with Crippen molar-refractivity contribution in [2.24, 2.45) is 5.92 Å². The first kappa shape index (κ1) is 19.2. The Morgan fingerprint density at radius 1 is 1.08 bits per heavy atom. The molecule has 0 bridgehead atoms. The van der Waals surface area contributed by atoms with Crippen LogP contribution in [0, 0.1) is 5.92 Å². The van der Waals surface area contributed by atoms with Gasteiger partial charge in [0.15, 0.2) is 0 Å². The van der Waals surface area contributed by atoms with E-state index >= 15 is 0 Å². The molecule has 1 heterocycles. The third-order valence-electron chi connectivity index (χ3n) is 5.19. The number of carbonyl (C=O) groups excluding carboxylic acids is 2. The number of carbonyl (C=O) groups is 2. The molecular weight excluding hydrogens is 308 g/mol. The highest BCUT2D eigenvalue weighted by Crippen LogP contribution is 2.24. The third kappa shape index (κ3) is 6.06. The van der Waals surface area contributed by atoms with Crippen molar-refractivity contribution in [3.05, 3.63) is 0 Å². The highest BCUT2D eigenvalue weighted by atomic mass is 16.5. The predicted molar refractivity (Wildman–Crippen MR) is 91.4 cm³/mol. The van der Waals surface area contributed by atoms with Crippen LogP contribution in [0.15, 0.2) is 0 Å². The van der Waals surface area contributed by atoms with Crippen LogP contribution in [0.1, 0.15) is 64.7 Å². The molecule has 3 N–H and O–H groups in total.